The minimum atomic E-state index is 0.894. The Balaban J connectivity index is 2.02. The number of pyridine rings is 2. The molecule has 0 unspecified atom stereocenters. The molecular weight excluding hydrogens is 268 g/mol. The molecule has 0 spiro atoms. The first-order valence-corrected chi connectivity index (χ1v) is 7.28. The lowest BCUT2D eigenvalue weighted by Crippen LogP contribution is -1.92. The maximum Gasteiger partial charge on any atom is 0.0900 e. The second-order valence-electron chi connectivity index (χ2n) is 5.16. The molecule has 2 nitrogen and oxygen atoms in total. The highest BCUT2D eigenvalue weighted by atomic mass is 14.8. The Kier molecular flexibility index (Phi) is 3.13. The van der Waals surface area contributed by atoms with Crippen LogP contribution in [0.5, 0.6) is 0 Å². The number of benzene rings is 2. The summed E-state index contributed by atoms with van der Waals surface area (Å²) in [6.45, 7) is 0. The highest BCUT2D eigenvalue weighted by molar-refractivity contribution is 5.96. The highest BCUT2D eigenvalue weighted by Crippen LogP contribution is 2.30. The van der Waals surface area contributed by atoms with Gasteiger partial charge in [-0.1, -0.05) is 60.7 Å². The van der Waals surface area contributed by atoms with Crippen molar-refractivity contribution in [2.24, 2.45) is 0 Å². The van der Waals surface area contributed by atoms with E-state index in [1.54, 1.807) is 6.20 Å². The van der Waals surface area contributed by atoms with Crippen LogP contribution in [0.15, 0.2) is 85.1 Å². The molecule has 22 heavy (non-hydrogen) atoms. The minimum absolute atomic E-state index is 0.894. The van der Waals surface area contributed by atoms with Crippen LogP contribution in [0.2, 0.25) is 0 Å². The zero-order chi connectivity index (χ0) is 14.8. The highest BCUT2D eigenvalue weighted by Gasteiger charge is 2.09. The average Bonchev–Trinajstić information content (AvgIpc) is 2.62. The van der Waals surface area contributed by atoms with Gasteiger partial charge in [-0.3, -0.25) is 4.98 Å². The number of hydrogen-bond acceptors (Lipinski definition) is 2. The van der Waals surface area contributed by atoms with E-state index in [0.29, 0.717) is 0 Å². The maximum absolute atomic E-state index is 4.88. The van der Waals surface area contributed by atoms with E-state index in [1.165, 1.54) is 5.39 Å². The summed E-state index contributed by atoms with van der Waals surface area (Å²) in [4.78, 5) is 9.31. The van der Waals surface area contributed by atoms with Crippen LogP contribution in [-0.2, 0) is 0 Å². The molecule has 2 aromatic carbocycles. The lowest BCUT2D eigenvalue weighted by molar-refractivity contribution is 1.26. The summed E-state index contributed by atoms with van der Waals surface area (Å²) in [6.07, 6.45) is 1.80. The summed E-state index contributed by atoms with van der Waals surface area (Å²) in [5.74, 6) is 0. The van der Waals surface area contributed by atoms with E-state index < -0.39 is 0 Å². The van der Waals surface area contributed by atoms with E-state index in [0.717, 1.165) is 28.0 Å². The van der Waals surface area contributed by atoms with Crippen LogP contribution in [0.25, 0.3) is 33.4 Å². The van der Waals surface area contributed by atoms with E-state index in [9.17, 15) is 0 Å². The Labute approximate surface area is 129 Å². The molecule has 2 heteroatoms. The summed E-state index contributed by atoms with van der Waals surface area (Å²) in [5, 5.41) is 2.34. The summed E-state index contributed by atoms with van der Waals surface area (Å²) in [6, 6.07) is 26.6. The largest absolute Gasteiger partial charge is 0.255 e. The van der Waals surface area contributed by atoms with Gasteiger partial charge in [0.25, 0.3) is 0 Å². The Hall–Kier alpha value is -3.00. The molecule has 0 fully saturated rings. The van der Waals surface area contributed by atoms with Gasteiger partial charge >= 0.3 is 0 Å². The monoisotopic (exact) mass is 282 g/mol. The predicted molar refractivity (Wildman–Crippen MR) is 90.4 cm³/mol. The van der Waals surface area contributed by atoms with Crippen LogP contribution < -0.4 is 0 Å². The zero-order valence-electron chi connectivity index (χ0n) is 12.0. The van der Waals surface area contributed by atoms with Crippen molar-refractivity contribution in [3.05, 3.63) is 85.1 Å². The fourth-order valence-electron chi connectivity index (χ4n) is 2.66. The number of hydrogen-bond donors (Lipinski definition) is 0. The molecule has 0 radical (unpaired) electrons. The zero-order valence-corrected chi connectivity index (χ0v) is 12.0. The summed E-state index contributed by atoms with van der Waals surface area (Å²) < 4.78 is 0. The molecule has 0 bridgehead atoms. The van der Waals surface area contributed by atoms with Crippen LogP contribution in [0.4, 0.5) is 0 Å². The third-order valence-corrected chi connectivity index (χ3v) is 3.71. The van der Waals surface area contributed by atoms with Crippen LogP contribution in [0, 0.1) is 0 Å². The van der Waals surface area contributed by atoms with E-state index in [4.69, 9.17) is 4.98 Å². The third kappa shape index (κ3) is 2.25. The van der Waals surface area contributed by atoms with Gasteiger partial charge in [0, 0.05) is 17.1 Å². The van der Waals surface area contributed by atoms with Crippen molar-refractivity contribution in [2.75, 3.05) is 0 Å². The third-order valence-electron chi connectivity index (χ3n) is 3.71. The predicted octanol–water partition coefficient (Wildman–Crippen LogP) is 4.96. The van der Waals surface area contributed by atoms with Crippen LogP contribution >= 0.6 is 0 Å². The Morgan fingerprint density at radius 2 is 1.41 bits per heavy atom. The Bertz CT molecular complexity index is 916. The second kappa shape index (κ2) is 5.41. The molecule has 0 N–H and O–H groups in total. The van der Waals surface area contributed by atoms with Crippen molar-refractivity contribution in [1.29, 1.82) is 0 Å². The van der Waals surface area contributed by atoms with Crippen molar-refractivity contribution >= 4 is 10.8 Å². The molecular formula is C20H14N2. The molecule has 0 saturated carbocycles. The van der Waals surface area contributed by atoms with Crippen molar-refractivity contribution in [3.63, 3.8) is 0 Å². The van der Waals surface area contributed by atoms with Gasteiger partial charge < -0.3 is 0 Å². The molecule has 2 heterocycles. The van der Waals surface area contributed by atoms with Crippen LogP contribution in [-0.4, -0.2) is 9.97 Å². The maximum atomic E-state index is 4.88. The fourth-order valence-corrected chi connectivity index (χ4v) is 2.66. The van der Waals surface area contributed by atoms with Gasteiger partial charge in [0.1, 0.15) is 0 Å². The smallest absolute Gasteiger partial charge is 0.0900 e. The molecule has 0 saturated heterocycles. The summed E-state index contributed by atoms with van der Waals surface area (Å²) >= 11 is 0. The standard InChI is InChI=1S/C20H14N2/c1-2-8-15(9-3-1)20-17-11-5-4-10-16(17)14-19(22-20)18-12-6-7-13-21-18/h1-14H. The minimum Gasteiger partial charge on any atom is -0.255 e. The van der Waals surface area contributed by atoms with Crippen LogP contribution in [0.3, 0.4) is 0 Å². The van der Waals surface area contributed by atoms with Crippen molar-refractivity contribution < 1.29 is 0 Å². The fraction of sp³-hybridized carbons (Fsp3) is 0. The molecule has 0 atom stereocenters. The number of fused-ring (bicyclic) bond motifs is 1. The Morgan fingerprint density at radius 3 is 2.23 bits per heavy atom. The number of rotatable bonds is 2. The van der Waals surface area contributed by atoms with Crippen molar-refractivity contribution in [3.8, 4) is 22.6 Å². The van der Waals surface area contributed by atoms with Gasteiger partial charge in [0.2, 0.25) is 0 Å². The molecule has 0 aliphatic carbocycles. The first kappa shape index (κ1) is 12.7. The molecule has 0 aliphatic heterocycles. The number of nitrogens with zero attached hydrogens (tertiary/aromatic N) is 2. The molecule has 4 rings (SSSR count). The Morgan fingerprint density at radius 1 is 0.636 bits per heavy atom. The lowest BCUT2D eigenvalue weighted by Gasteiger charge is -2.09. The van der Waals surface area contributed by atoms with Gasteiger partial charge in [0.15, 0.2) is 0 Å². The van der Waals surface area contributed by atoms with E-state index >= 15 is 0 Å². The molecule has 2 aromatic heterocycles. The SMILES string of the molecule is c1ccc(-c2nc(-c3ccccn3)cc3ccccc23)cc1. The first-order valence-electron chi connectivity index (χ1n) is 7.28. The average molecular weight is 282 g/mol. The molecule has 4 aromatic rings. The van der Waals surface area contributed by atoms with E-state index in [1.807, 2.05) is 36.4 Å². The van der Waals surface area contributed by atoms with Gasteiger partial charge in [-0.15, -0.1) is 0 Å². The van der Waals surface area contributed by atoms with Crippen LogP contribution in [0.1, 0.15) is 0 Å². The van der Waals surface area contributed by atoms with Gasteiger partial charge in [0.05, 0.1) is 17.1 Å². The molecule has 0 amide bonds. The van der Waals surface area contributed by atoms with Gasteiger partial charge in [-0.25, -0.2) is 4.98 Å². The van der Waals surface area contributed by atoms with Crippen molar-refractivity contribution in [1.82, 2.24) is 9.97 Å². The first-order chi connectivity index (χ1) is 10.9. The molecule has 104 valence electrons. The molecule has 0 aliphatic rings. The second-order valence-corrected chi connectivity index (χ2v) is 5.16. The normalized spacial score (nSPS) is 10.7. The van der Waals surface area contributed by atoms with E-state index in [-0.39, 0.29) is 0 Å². The van der Waals surface area contributed by atoms with Crippen molar-refractivity contribution in [2.45, 2.75) is 0 Å². The van der Waals surface area contributed by atoms with Gasteiger partial charge in [-0.2, -0.15) is 0 Å². The summed E-state index contributed by atoms with van der Waals surface area (Å²) in [7, 11) is 0. The quantitative estimate of drug-likeness (QED) is 0.519. The summed E-state index contributed by atoms with van der Waals surface area (Å²) in [5.41, 5.74) is 3.92. The topological polar surface area (TPSA) is 25.8 Å². The number of aromatic nitrogens is 2. The lowest BCUT2D eigenvalue weighted by atomic mass is 10.0. The van der Waals surface area contributed by atoms with Gasteiger partial charge in [-0.05, 0) is 23.6 Å². The van der Waals surface area contributed by atoms with E-state index in [2.05, 4.69) is 47.4 Å².